The summed E-state index contributed by atoms with van der Waals surface area (Å²) in [6.07, 6.45) is 1.56. The summed E-state index contributed by atoms with van der Waals surface area (Å²) in [6.45, 7) is 4.00. The number of nitro groups is 1. The van der Waals surface area contributed by atoms with Crippen molar-refractivity contribution < 1.29 is 23.9 Å². The van der Waals surface area contributed by atoms with Gasteiger partial charge in [0.2, 0.25) is 5.90 Å². The van der Waals surface area contributed by atoms with Crippen molar-refractivity contribution in [1.29, 1.82) is 0 Å². The average Bonchev–Trinajstić information content (AvgIpc) is 3.17. The van der Waals surface area contributed by atoms with E-state index < -0.39 is 10.9 Å². The molecule has 172 valence electrons. The van der Waals surface area contributed by atoms with Gasteiger partial charge in [-0.05, 0) is 49.2 Å². The van der Waals surface area contributed by atoms with Gasteiger partial charge in [-0.1, -0.05) is 42.0 Å². The zero-order valence-corrected chi connectivity index (χ0v) is 18.9. The van der Waals surface area contributed by atoms with Crippen molar-refractivity contribution in [2.45, 2.75) is 20.5 Å². The highest BCUT2D eigenvalue weighted by Crippen LogP contribution is 2.31. The zero-order chi connectivity index (χ0) is 24.2. The molecule has 1 aliphatic rings. The summed E-state index contributed by atoms with van der Waals surface area (Å²) in [4.78, 5) is 27.4. The van der Waals surface area contributed by atoms with Gasteiger partial charge in [-0.3, -0.25) is 10.1 Å². The lowest BCUT2D eigenvalue weighted by Crippen LogP contribution is -2.08. The molecule has 0 aromatic heterocycles. The van der Waals surface area contributed by atoms with E-state index in [1.165, 1.54) is 19.2 Å². The van der Waals surface area contributed by atoms with Crippen LogP contribution in [0.4, 0.5) is 5.69 Å². The Hall–Kier alpha value is -4.46. The van der Waals surface area contributed by atoms with E-state index in [0.29, 0.717) is 34.8 Å². The van der Waals surface area contributed by atoms with Gasteiger partial charge in [0.25, 0.3) is 5.69 Å². The molecule has 4 rings (SSSR count). The number of cyclic esters (lactones) is 1. The number of hydrogen-bond donors (Lipinski definition) is 0. The SMILES string of the molecule is COc1cc(/C=C2\N=C(c3cccc([N+](=O)[O-])c3C)OC2=O)ccc1OCc1cccc(C)c1. The van der Waals surface area contributed by atoms with Crippen molar-refractivity contribution in [2.24, 2.45) is 4.99 Å². The van der Waals surface area contributed by atoms with Crippen LogP contribution in [0, 0.1) is 24.0 Å². The minimum Gasteiger partial charge on any atom is -0.493 e. The van der Waals surface area contributed by atoms with E-state index in [4.69, 9.17) is 14.2 Å². The molecule has 0 saturated carbocycles. The summed E-state index contributed by atoms with van der Waals surface area (Å²) in [6, 6.07) is 17.9. The molecule has 0 radical (unpaired) electrons. The smallest absolute Gasteiger partial charge is 0.363 e. The number of ether oxygens (including phenoxy) is 3. The number of hydrogen-bond acceptors (Lipinski definition) is 7. The summed E-state index contributed by atoms with van der Waals surface area (Å²) in [5.74, 6) is 0.464. The Labute approximate surface area is 196 Å². The lowest BCUT2D eigenvalue weighted by Gasteiger charge is -2.12. The summed E-state index contributed by atoms with van der Waals surface area (Å²) in [7, 11) is 1.54. The molecule has 0 bridgehead atoms. The summed E-state index contributed by atoms with van der Waals surface area (Å²) < 4.78 is 16.7. The fourth-order valence-corrected chi connectivity index (χ4v) is 3.59. The van der Waals surface area contributed by atoms with E-state index in [1.807, 2.05) is 25.1 Å². The fraction of sp³-hybridized carbons (Fsp3) is 0.154. The largest absolute Gasteiger partial charge is 0.493 e. The first-order valence-corrected chi connectivity index (χ1v) is 10.5. The van der Waals surface area contributed by atoms with Crippen LogP contribution >= 0.6 is 0 Å². The minimum absolute atomic E-state index is 0.0301. The molecule has 0 amide bonds. The third kappa shape index (κ3) is 4.80. The number of rotatable bonds is 7. The maximum atomic E-state index is 12.4. The Kier molecular flexibility index (Phi) is 6.40. The molecule has 3 aromatic rings. The predicted octanol–water partition coefficient (Wildman–Crippen LogP) is 5.14. The van der Waals surface area contributed by atoms with Gasteiger partial charge in [-0.2, -0.15) is 0 Å². The standard InChI is InChI=1S/C26H22N2O6/c1-16-6-4-7-19(12-16)15-33-23-11-10-18(14-24(23)32-3)13-21-26(29)34-25(27-21)20-8-5-9-22(17(20)2)28(30)31/h4-14H,15H2,1-3H3/b21-13-. The Morgan fingerprint density at radius 2 is 1.85 bits per heavy atom. The monoisotopic (exact) mass is 458 g/mol. The van der Waals surface area contributed by atoms with Crippen LogP contribution in [0.3, 0.4) is 0 Å². The molecular weight excluding hydrogens is 436 g/mol. The second-order valence-corrected chi connectivity index (χ2v) is 7.73. The number of nitro benzene ring substituents is 1. The van der Waals surface area contributed by atoms with Crippen molar-refractivity contribution in [2.75, 3.05) is 7.11 Å². The third-order valence-corrected chi connectivity index (χ3v) is 5.32. The molecule has 34 heavy (non-hydrogen) atoms. The first kappa shape index (κ1) is 22.7. The second-order valence-electron chi connectivity index (χ2n) is 7.73. The van der Waals surface area contributed by atoms with Gasteiger partial charge in [-0.15, -0.1) is 0 Å². The zero-order valence-electron chi connectivity index (χ0n) is 18.9. The average molecular weight is 458 g/mol. The molecule has 0 N–H and O–H groups in total. The van der Waals surface area contributed by atoms with E-state index in [1.54, 1.807) is 37.3 Å². The summed E-state index contributed by atoms with van der Waals surface area (Å²) in [5, 5.41) is 11.2. The number of benzene rings is 3. The number of carbonyl (C=O) groups excluding carboxylic acids is 1. The topological polar surface area (TPSA) is 100 Å². The minimum atomic E-state index is -0.639. The van der Waals surface area contributed by atoms with Gasteiger partial charge < -0.3 is 14.2 Å². The highest BCUT2D eigenvalue weighted by Gasteiger charge is 2.27. The van der Waals surface area contributed by atoms with Crippen molar-refractivity contribution in [3.05, 3.63) is 104 Å². The number of nitrogens with zero attached hydrogens (tertiary/aromatic N) is 2. The molecule has 8 nitrogen and oxygen atoms in total. The Morgan fingerprint density at radius 3 is 2.59 bits per heavy atom. The van der Waals surface area contributed by atoms with Gasteiger partial charge in [0.15, 0.2) is 17.2 Å². The highest BCUT2D eigenvalue weighted by atomic mass is 16.6. The number of carbonyl (C=O) groups is 1. The van der Waals surface area contributed by atoms with Crippen LogP contribution < -0.4 is 9.47 Å². The van der Waals surface area contributed by atoms with Crippen LogP contribution in [0.15, 0.2) is 71.4 Å². The molecule has 8 heteroatoms. The lowest BCUT2D eigenvalue weighted by molar-refractivity contribution is -0.385. The molecule has 0 unspecified atom stereocenters. The molecule has 0 spiro atoms. The van der Waals surface area contributed by atoms with Gasteiger partial charge in [0.05, 0.1) is 12.0 Å². The molecule has 1 aliphatic heterocycles. The van der Waals surface area contributed by atoms with E-state index in [0.717, 1.165) is 11.1 Å². The van der Waals surface area contributed by atoms with Crippen molar-refractivity contribution in [3.63, 3.8) is 0 Å². The normalized spacial score (nSPS) is 14.0. The first-order chi connectivity index (χ1) is 16.4. The second kappa shape index (κ2) is 9.58. The number of aryl methyl sites for hydroxylation is 1. The van der Waals surface area contributed by atoms with Crippen LogP contribution in [0.25, 0.3) is 6.08 Å². The third-order valence-electron chi connectivity index (χ3n) is 5.32. The van der Waals surface area contributed by atoms with E-state index in [2.05, 4.69) is 11.1 Å². The van der Waals surface area contributed by atoms with E-state index >= 15 is 0 Å². The lowest BCUT2D eigenvalue weighted by atomic mass is 10.1. The summed E-state index contributed by atoms with van der Waals surface area (Å²) in [5.41, 5.74) is 3.63. The molecule has 3 aromatic carbocycles. The Balaban J connectivity index is 1.57. The maximum Gasteiger partial charge on any atom is 0.363 e. The van der Waals surface area contributed by atoms with Crippen LogP contribution in [0.5, 0.6) is 11.5 Å². The number of methoxy groups -OCH3 is 1. The number of aliphatic imine (C=N–C) groups is 1. The predicted molar refractivity (Wildman–Crippen MR) is 127 cm³/mol. The van der Waals surface area contributed by atoms with Gasteiger partial charge >= 0.3 is 5.97 Å². The van der Waals surface area contributed by atoms with Gasteiger partial charge in [-0.25, -0.2) is 9.79 Å². The summed E-state index contributed by atoms with van der Waals surface area (Å²) >= 11 is 0. The van der Waals surface area contributed by atoms with Crippen LogP contribution in [0.1, 0.15) is 27.8 Å². The number of esters is 1. The van der Waals surface area contributed by atoms with Crippen molar-refractivity contribution >= 4 is 23.6 Å². The molecule has 1 heterocycles. The molecule has 0 aliphatic carbocycles. The van der Waals surface area contributed by atoms with Crippen LogP contribution in [-0.4, -0.2) is 23.9 Å². The van der Waals surface area contributed by atoms with Crippen LogP contribution in [0.2, 0.25) is 0 Å². The Bertz CT molecular complexity index is 1340. The Morgan fingerprint density at radius 1 is 1.06 bits per heavy atom. The van der Waals surface area contributed by atoms with Gasteiger partial charge in [0, 0.05) is 17.2 Å². The van der Waals surface area contributed by atoms with E-state index in [-0.39, 0.29) is 17.3 Å². The van der Waals surface area contributed by atoms with Gasteiger partial charge in [0.1, 0.15) is 6.61 Å². The van der Waals surface area contributed by atoms with Crippen molar-refractivity contribution in [3.8, 4) is 11.5 Å². The highest BCUT2D eigenvalue weighted by molar-refractivity contribution is 6.13. The maximum absolute atomic E-state index is 12.4. The molecular formula is C26H22N2O6. The molecule has 0 fully saturated rings. The quantitative estimate of drug-likeness (QED) is 0.210. The fourth-order valence-electron chi connectivity index (χ4n) is 3.59. The van der Waals surface area contributed by atoms with E-state index in [9.17, 15) is 14.9 Å². The first-order valence-electron chi connectivity index (χ1n) is 10.5. The van der Waals surface area contributed by atoms with Crippen molar-refractivity contribution in [1.82, 2.24) is 0 Å². The molecule has 0 atom stereocenters. The molecule has 0 saturated heterocycles. The van der Waals surface area contributed by atoms with Crippen LogP contribution in [-0.2, 0) is 16.1 Å².